The molecule has 0 heterocycles. The van der Waals surface area contributed by atoms with E-state index in [1.54, 1.807) is 24.3 Å². The average Bonchev–Trinajstić information content (AvgIpc) is 2.50. The topological polar surface area (TPSA) is 38.3 Å². The Morgan fingerprint density at radius 2 is 2.00 bits per heavy atom. The van der Waals surface area contributed by atoms with Crippen molar-refractivity contribution in [3.63, 3.8) is 0 Å². The van der Waals surface area contributed by atoms with Crippen LogP contribution in [0, 0.1) is 11.6 Å². The second kappa shape index (κ2) is 6.83. The van der Waals surface area contributed by atoms with Gasteiger partial charge in [-0.3, -0.25) is 4.79 Å². The third-order valence-corrected chi connectivity index (χ3v) is 3.02. The van der Waals surface area contributed by atoms with Crippen LogP contribution in [0.5, 0.6) is 5.75 Å². The Labute approximate surface area is 121 Å². The molecule has 0 atom stereocenters. The van der Waals surface area contributed by atoms with E-state index in [0.29, 0.717) is 11.3 Å². The third-order valence-electron chi connectivity index (χ3n) is 3.02. The van der Waals surface area contributed by atoms with Gasteiger partial charge in [0.05, 0.1) is 7.11 Å². The average molecular weight is 291 g/mol. The van der Waals surface area contributed by atoms with E-state index in [0.717, 1.165) is 18.2 Å². The lowest BCUT2D eigenvalue weighted by Gasteiger charge is -2.07. The first kappa shape index (κ1) is 15.0. The standard InChI is InChI=1S/C16H15F2NO2/c1-21-14-4-2-3-12(10-14)16(20)19-8-7-11-9-13(17)5-6-15(11)18/h2-6,9-10H,7-8H2,1H3,(H,19,20). The van der Waals surface area contributed by atoms with Crippen molar-refractivity contribution < 1.29 is 18.3 Å². The van der Waals surface area contributed by atoms with E-state index in [1.807, 2.05) is 0 Å². The van der Waals surface area contributed by atoms with Gasteiger partial charge >= 0.3 is 0 Å². The highest BCUT2D eigenvalue weighted by molar-refractivity contribution is 5.94. The van der Waals surface area contributed by atoms with E-state index < -0.39 is 11.6 Å². The molecule has 0 aliphatic heterocycles. The summed E-state index contributed by atoms with van der Waals surface area (Å²) in [5.74, 6) is -0.679. The zero-order valence-electron chi connectivity index (χ0n) is 11.5. The Morgan fingerprint density at radius 3 is 2.76 bits per heavy atom. The largest absolute Gasteiger partial charge is 0.497 e. The van der Waals surface area contributed by atoms with E-state index in [1.165, 1.54) is 7.11 Å². The van der Waals surface area contributed by atoms with Gasteiger partial charge in [-0.1, -0.05) is 6.07 Å². The molecule has 5 heteroatoms. The molecule has 1 amide bonds. The van der Waals surface area contributed by atoms with Crippen molar-refractivity contribution in [2.24, 2.45) is 0 Å². The van der Waals surface area contributed by atoms with Gasteiger partial charge in [0.25, 0.3) is 5.91 Å². The maximum absolute atomic E-state index is 13.4. The molecule has 0 saturated carbocycles. The molecule has 0 spiro atoms. The van der Waals surface area contributed by atoms with E-state index in [-0.39, 0.29) is 24.4 Å². The summed E-state index contributed by atoms with van der Waals surface area (Å²) in [7, 11) is 1.52. The van der Waals surface area contributed by atoms with Gasteiger partial charge in [0.1, 0.15) is 17.4 Å². The number of nitrogens with one attached hydrogen (secondary N) is 1. The van der Waals surface area contributed by atoms with Gasteiger partial charge in [0.15, 0.2) is 0 Å². The molecule has 0 bridgehead atoms. The van der Waals surface area contributed by atoms with Crippen LogP contribution < -0.4 is 10.1 Å². The van der Waals surface area contributed by atoms with Crippen LogP contribution >= 0.6 is 0 Å². The first-order chi connectivity index (χ1) is 10.1. The molecule has 2 aromatic rings. The van der Waals surface area contributed by atoms with Crippen LogP contribution in [0.1, 0.15) is 15.9 Å². The number of amides is 1. The third kappa shape index (κ3) is 4.02. The summed E-state index contributed by atoms with van der Waals surface area (Å²) in [5, 5.41) is 2.66. The summed E-state index contributed by atoms with van der Waals surface area (Å²) in [4.78, 5) is 11.9. The Morgan fingerprint density at radius 1 is 1.19 bits per heavy atom. The minimum absolute atomic E-state index is 0.219. The van der Waals surface area contributed by atoms with E-state index in [2.05, 4.69) is 5.32 Å². The van der Waals surface area contributed by atoms with Crippen LogP contribution in [0.25, 0.3) is 0 Å². The zero-order chi connectivity index (χ0) is 15.2. The highest BCUT2D eigenvalue weighted by Crippen LogP contribution is 2.13. The van der Waals surface area contributed by atoms with Crippen molar-refractivity contribution in [1.29, 1.82) is 0 Å². The number of rotatable bonds is 5. The number of carbonyl (C=O) groups excluding carboxylic acids is 1. The van der Waals surface area contributed by atoms with Crippen LogP contribution in [0.2, 0.25) is 0 Å². The number of carbonyl (C=O) groups is 1. The lowest BCUT2D eigenvalue weighted by atomic mass is 10.1. The fraction of sp³-hybridized carbons (Fsp3) is 0.188. The van der Waals surface area contributed by atoms with Crippen LogP contribution in [0.15, 0.2) is 42.5 Å². The lowest BCUT2D eigenvalue weighted by Crippen LogP contribution is -2.25. The molecular formula is C16H15F2NO2. The Kier molecular flexibility index (Phi) is 4.87. The fourth-order valence-electron chi connectivity index (χ4n) is 1.91. The molecule has 0 fully saturated rings. The molecule has 110 valence electrons. The van der Waals surface area contributed by atoms with E-state index in [4.69, 9.17) is 4.74 Å². The summed E-state index contributed by atoms with van der Waals surface area (Å²) in [6.07, 6.45) is 0.222. The molecule has 3 nitrogen and oxygen atoms in total. The molecule has 0 unspecified atom stereocenters. The summed E-state index contributed by atoms with van der Waals surface area (Å²) in [6.45, 7) is 0.219. The molecule has 1 N–H and O–H groups in total. The SMILES string of the molecule is COc1cccc(C(=O)NCCc2cc(F)ccc2F)c1. The Hall–Kier alpha value is -2.43. The highest BCUT2D eigenvalue weighted by Gasteiger charge is 2.08. The Balaban J connectivity index is 1.93. The highest BCUT2D eigenvalue weighted by atomic mass is 19.1. The maximum atomic E-state index is 13.4. The summed E-state index contributed by atoms with van der Waals surface area (Å²) in [5.41, 5.74) is 0.690. The van der Waals surface area contributed by atoms with Crippen molar-refractivity contribution >= 4 is 5.91 Å². The minimum Gasteiger partial charge on any atom is -0.497 e. The number of halogens is 2. The van der Waals surface area contributed by atoms with Crippen molar-refractivity contribution in [3.05, 3.63) is 65.2 Å². The molecule has 0 radical (unpaired) electrons. The first-order valence-corrected chi connectivity index (χ1v) is 6.46. The zero-order valence-corrected chi connectivity index (χ0v) is 11.5. The van der Waals surface area contributed by atoms with Crippen LogP contribution in [-0.4, -0.2) is 19.6 Å². The monoisotopic (exact) mass is 291 g/mol. The molecule has 2 rings (SSSR count). The molecule has 0 aromatic heterocycles. The summed E-state index contributed by atoms with van der Waals surface area (Å²) >= 11 is 0. The van der Waals surface area contributed by atoms with Crippen LogP contribution in [0.4, 0.5) is 8.78 Å². The van der Waals surface area contributed by atoms with Crippen molar-refractivity contribution in [2.75, 3.05) is 13.7 Å². The van der Waals surface area contributed by atoms with Crippen molar-refractivity contribution in [2.45, 2.75) is 6.42 Å². The molecule has 0 aliphatic rings. The summed E-state index contributed by atoms with van der Waals surface area (Å²) < 4.78 is 31.5. The molecule has 0 aliphatic carbocycles. The van der Waals surface area contributed by atoms with Crippen molar-refractivity contribution in [1.82, 2.24) is 5.32 Å². The number of hydrogen-bond donors (Lipinski definition) is 1. The predicted molar refractivity (Wildman–Crippen MR) is 75.4 cm³/mol. The molecule has 0 saturated heterocycles. The van der Waals surface area contributed by atoms with Gasteiger partial charge < -0.3 is 10.1 Å². The van der Waals surface area contributed by atoms with E-state index >= 15 is 0 Å². The van der Waals surface area contributed by atoms with Gasteiger partial charge in [-0.25, -0.2) is 8.78 Å². The quantitative estimate of drug-likeness (QED) is 0.920. The smallest absolute Gasteiger partial charge is 0.251 e. The van der Waals surface area contributed by atoms with Gasteiger partial charge in [-0.05, 0) is 48.4 Å². The maximum Gasteiger partial charge on any atom is 0.251 e. The number of methoxy groups -OCH3 is 1. The first-order valence-electron chi connectivity index (χ1n) is 6.46. The number of hydrogen-bond acceptors (Lipinski definition) is 2. The predicted octanol–water partition coefficient (Wildman–Crippen LogP) is 2.95. The second-order valence-corrected chi connectivity index (χ2v) is 4.47. The summed E-state index contributed by atoms with van der Waals surface area (Å²) in [6, 6.07) is 9.98. The van der Waals surface area contributed by atoms with Gasteiger partial charge in [-0.15, -0.1) is 0 Å². The van der Waals surface area contributed by atoms with Gasteiger partial charge in [0, 0.05) is 12.1 Å². The van der Waals surface area contributed by atoms with Crippen LogP contribution in [-0.2, 0) is 6.42 Å². The molecular weight excluding hydrogens is 276 g/mol. The number of benzene rings is 2. The normalized spacial score (nSPS) is 10.2. The van der Waals surface area contributed by atoms with Gasteiger partial charge in [-0.2, -0.15) is 0 Å². The van der Waals surface area contributed by atoms with Crippen LogP contribution in [0.3, 0.4) is 0 Å². The Bertz CT molecular complexity index is 644. The molecule has 2 aromatic carbocycles. The van der Waals surface area contributed by atoms with E-state index in [9.17, 15) is 13.6 Å². The second-order valence-electron chi connectivity index (χ2n) is 4.47. The number of ether oxygens (including phenoxy) is 1. The molecule has 21 heavy (non-hydrogen) atoms. The van der Waals surface area contributed by atoms with Gasteiger partial charge in [0.2, 0.25) is 0 Å². The van der Waals surface area contributed by atoms with Crippen molar-refractivity contribution in [3.8, 4) is 5.75 Å². The minimum atomic E-state index is -0.495. The lowest BCUT2D eigenvalue weighted by molar-refractivity contribution is 0.0953. The fourth-order valence-corrected chi connectivity index (χ4v) is 1.91.